The van der Waals surface area contributed by atoms with E-state index >= 15 is 0 Å². The molecule has 5 nitrogen and oxygen atoms in total. The topological polar surface area (TPSA) is 67.6 Å². The molecule has 0 spiro atoms. The van der Waals surface area contributed by atoms with E-state index in [1.165, 1.54) is 25.9 Å². The van der Waals surface area contributed by atoms with Crippen molar-refractivity contribution < 1.29 is 9.53 Å². The molecule has 2 bridgehead atoms. The van der Waals surface area contributed by atoms with Gasteiger partial charge in [0.1, 0.15) is 5.75 Å². The van der Waals surface area contributed by atoms with Gasteiger partial charge in [0.25, 0.3) is 5.91 Å². The molecular formula is C15H21N3O2. The van der Waals surface area contributed by atoms with Crippen molar-refractivity contribution in [2.75, 3.05) is 32.5 Å². The molecule has 1 unspecified atom stereocenters. The van der Waals surface area contributed by atoms with Gasteiger partial charge in [0.15, 0.2) is 0 Å². The summed E-state index contributed by atoms with van der Waals surface area (Å²) < 4.78 is 5.16. The Morgan fingerprint density at radius 1 is 1.40 bits per heavy atom. The van der Waals surface area contributed by atoms with E-state index in [0.717, 1.165) is 6.54 Å². The van der Waals surface area contributed by atoms with Crippen molar-refractivity contribution in [1.29, 1.82) is 0 Å². The SMILES string of the molecule is COc1cc(C(=O)NC2CN3CCC2CC3)ccc1N. The third-order valence-electron chi connectivity index (χ3n) is 4.47. The lowest BCUT2D eigenvalue weighted by molar-refractivity contribution is 0.0620. The van der Waals surface area contributed by atoms with Gasteiger partial charge in [0.05, 0.1) is 12.8 Å². The molecule has 108 valence electrons. The molecule has 3 fully saturated rings. The fraction of sp³-hybridized carbons (Fsp3) is 0.533. The van der Waals surface area contributed by atoms with E-state index in [2.05, 4.69) is 10.2 Å². The average molecular weight is 275 g/mol. The third kappa shape index (κ3) is 2.45. The van der Waals surface area contributed by atoms with Crippen LogP contribution < -0.4 is 15.8 Å². The van der Waals surface area contributed by atoms with Gasteiger partial charge in [-0.15, -0.1) is 0 Å². The van der Waals surface area contributed by atoms with E-state index in [-0.39, 0.29) is 11.9 Å². The predicted octanol–water partition coefficient (Wildman–Crippen LogP) is 1.10. The van der Waals surface area contributed by atoms with Crippen LogP contribution in [-0.4, -0.2) is 43.6 Å². The molecule has 3 saturated heterocycles. The van der Waals surface area contributed by atoms with Crippen molar-refractivity contribution in [3.63, 3.8) is 0 Å². The number of anilines is 1. The number of nitrogens with zero attached hydrogens (tertiary/aromatic N) is 1. The molecule has 4 rings (SSSR count). The minimum atomic E-state index is -0.0398. The Balaban J connectivity index is 1.70. The summed E-state index contributed by atoms with van der Waals surface area (Å²) in [4.78, 5) is 14.8. The van der Waals surface area contributed by atoms with Gasteiger partial charge in [-0.1, -0.05) is 0 Å². The van der Waals surface area contributed by atoms with Crippen LogP contribution in [0.4, 0.5) is 5.69 Å². The van der Waals surface area contributed by atoms with Crippen LogP contribution in [0, 0.1) is 5.92 Å². The summed E-state index contributed by atoms with van der Waals surface area (Å²) >= 11 is 0. The van der Waals surface area contributed by atoms with Crippen LogP contribution in [0.2, 0.25) is 0 Å². The van der Waals surface area contributed by atoms with E-state index in [1.807, 2.05) is 0 Å². The number of nitrogen functional groups attached to an aromatic ring is 1. The summed E-state index contributed by atoms with van der Waals surface area (Å²) in [6, 6.07) is 5.43. The number of nitrogens with one attached hydrogen (secondary N) is 1. The van der Waals surface area contributed by atoms with E-state index in [0.29, 0.717) is 22.9 Å². The minimum Gasteiger partial charge on any atom is -0.495 e. The van der Waals surface area contributed by atoms with Crippen molar-refractivity contribution >= 4 is 11.6 Å². The Morgan fingerprint density at radius 3 is 2.75 bits per heavy atom. The third-order valence-corrected chi connectivity index (χ3v) is 4.47. The number of rotatable bonds is 3. The maximum Gasteiger partial charge on any atom is 0.251 e. The fourth-order valence-corrected chi connectivity index (χ4v) is 3.23. The number of hydrogen-bond donors (Lipinski definition) is 2. The highest BCUT2D eigenvalue weighted by atomic mass is 16.5. The lowest BCUT2D eigenvalue weighted by Gasteiger charge is -2.44. The molecule has 1 amide bonds. The number of benzene rings is 1. The summed E-state index contributed by atoms with van der Waals surface area (Å²) in [5.74, 6) is 1.13. The lowest BCUT2D eigenvalue weighted by Crippen LogP contribution is -2.57. The molecule has 0 saturated carbocycles. The highest BCUT2D eigenvalue weighted by Gasteiger charge is 2.34. The maximum absolute atomic E-state index is 12.3. The Morgan fingerprint density at radius 2 is 2.15 bits per heavy atom. The van der Waals surface area contributed by atoms with E-state index < -0.39 is 0 Å². The van der Waals surface area contributed by atoms with Gasteiger partial charge in [0, 0.05) is 18.2 Å². The number of amides is 1. The number of nitrogens with two attached hydrogens (primary N) is 1. The highest BCUT2D eigenvalue weighted by molar-refractivity contribution is 5.95. The van der Waals surface area contributed by atoms with Crippen molar-refractivity contribution in [3.05, 3.63) is 23.8 Å². The molecule has 1 atom stereocenters. The predicted molar refractivity (Wildman–Crippen MR) is 77.8 cm³/mol. The van der Waals surface area contributed by atoms with Gasteiger partial charge in [0.2, 0.25) is 0 Å². The zero-order chi connectivity index (χ0) is 14.1. The first-order valence-electron chi connectivity index (χ1n) is 7.14. The molecule has 0 aromatic heterocycles. The van der Waals surface area contributed by atoms with Gasteiger partial charge >= 0.3 is 0 Å². The largest absolute Gasteiger partial charge is 0.495 e. The van der Waals surface area contributed by atoms with Crippen molar-refractivity contribution in [3.8, 4) is 5.75 Å². The molecule has 3 N–H and O–H groups in total. The number of carbonyl (C=O) groups excluding carboxylic acids is 1. The fourth-order valence-electron chi connectivity index (χ4n) is 3.23. The van der Waals surface area contributed by atoms with Crippen molar-refractivity contribution in [2.24, 2.45) is 5.92 Å². The Hall–Kier alpha value is -1.75. The average Bonchev–Trinajstić information content (AvgIpc) is 2.49. The summed E-state index contributed by atoms with van der Waals surface area (Å²) in [7, 11) is 1.56. The zero-order valence-electron chi connectivity index (χ0n) is 11.8. The molecule has 3 aliphatic heterocycles. The number of carbonyl (C=O) groups is 1. The molecule has 3 aliphatic rings. The molecule has 0 aliphatic carbocycles. The zero-order valence-corrected chi connectivity index (χ0v) is 11.8. The van der Waals surface area contributed by atoms with Crippen LogP contribution in [0.1, 0.15) is 23.2 Å². The second kappa shape index (κ2) is 5.32. The molecule has 1 aromatic rings. The second-order valence-corrected chi connectivity index (χ2v) is 5.67. The van der Waals surface area contributed by atoms with Crippen LogP contribution in [0.15, 0.2) is 18.2 Å². The number of piperidine rings is 3. The number of methoxy groups -OCH3 is 1. The summed E-state index contributed by atoms with van der Waals surface area (Å²) in [5.41, 5.74) is 6.92. The number of ether oxygens (including phenoxy) is 1. The van der Waals surface area contributed by atoms with Crippen LogP contribution in [0.5, 0.6) is 5.75 Å². The molecular weight excluding hydrogens is 254 g/mol. The van der Waals surface area contributed by atoms with Gasteiger partial charge in [-0.25, -0.2) is 0 Å². The summed E-state index contributed by atoms with van der Waals surface area (Å²) in [5, 5.41) is 3.16. The first-order chi connectivity index (χ1) is 9.67. The molecule has 20 heavy (non-hydrogen) atoms. The molecule has 3 heterocycles. The monoisotopic (exact) mass is 275 g/mol. The van der Waals surface area contributed by atoms with Gasteiger partial charge in [-0.3, -0.25) is 4.79 Å². The van der Waals surface area contributed by atoms with E-state index in [1.54, 1.807) is 25.3 Å². The van der Waals surface area contributed by atoms with Crippen LogP contribution in [0.3, 0.4) is 0 Å². The summed E-state index contributed by atoms with van der Waals surface area (Å²) in [6.45, 7) is 3.32. The maximum atomic E-state index is 12.3. The Bertz CT molecular complexity index is 510. The molecule has 0 radical (unpaired) electrons. The normalized spacial score (nSPS) is 28.1. The quantitative estimate of drug-likeness (QED) is 0.811. The first-order valence-corrected chi connectivity index (χ1v) is 7.14. The Kier molecular flexibility index (Phi) is 3.53. The van der Waals surface area contributed by atoms with Gasteiger partial charge < -0.3 is 20.7 Å². The number of hydrogen-bond acceptors (Lipinski definition) is 4. The van der Waals surface area contributed by atoms with Gasteiger partial charge in [-0.05, 0) is 50.0 Å². The lowest BCUT2D eigenvalue weighted by atomic mass is 9.84. The number of fused-ring (bicyclic) bond motifs is 3. The van der Waals surface area contributed by atoms with Crippen LogP contribution >= 0.6 is 0 Å². The second-order valence-electron chi connectivity index (χ2n) is 5.67. The standard InChI is InChI=1S/C15H21N3O2/c1-20-14-8-11(2-3-12(14)16)15(19)17-13-9-18-6-4-10(13)5-7-18/h2-3,8,10,13H,4-7,9,16H2,1H3,(H,17,19). The Labute approximate surface area is 119 Å². The van der Waals surface area contributed by atoms with Crippen molar-refractivity contribution in [2.45, 2.75) is 18.9 Å². The smallest absolute Gasteiger partial charge is 0.251 e. The minimum absolute atomic E-state index is 0.0398. The van der Waals surface area contributed by atoms with E-state index in [4.69, 9.17) is 10.5 Å². The summed E-state index contributed by atoms with van der Waals surface area (Å²) in [6.07, 6.45) is 2.38. The first kappa shape index (κ1) is 13.2. The van der Waals surface area contributed by atoms with Crippen LogP contribution in [0.25, 0.3) is 0 Å². The van der Waals surface area contributed by atoms with Crippen LogP contribution in [-0.2, 0) is 0 Å². The molecule has 5 heteroatoms. The van der Waals surface area contributed by atoms with Crippen molar-refractivity contribution in [1.82, 2.24) is 10.2 Å². The van der Waals surface area contributed by atoms with E-state index in [9.17, 15) is 4.79 Å². The van der Waals surface area contributed by atoms with Gasteiger partial charge in [-0.2, -0.15) is 0 Å². The molecule has 1 aromatic carbocycles. The highest BCUT2D eigenvalue weighted by Crippen LogP contribution is 2.28.